The van der Waals surface area contributed by atoms with Crippen LogP contribution in [-0.4, -0.2) is 105 Å². The molecule has 15 nitrogen and oxygen atoms in total. The Hall–Kier alpha value is 0.383. The minimum absolute atomic E-state index is 0. The van der Waals surface area contributed by atoms with Crippen LogP contribution in [-0.2, 0) is 35.3 Å². The van der Waals surface area contributed by atoms with Crippen molar-refractivity contribution in [2.45, 2.75) is 182 Å². The molecule has 0 amide bonds. The summed E-state index contributed by atoms with van der Waals surface area (Å²) in [5.41, 5.74) is -0.244. The van der Waals surface area contributed by atoms with Crippen molar-refractivity contribution in [2.75, 3.05) is 46.0 Å². The molecule has 422 valence electrons. The molecule has 8 aliphatic rings. The second kappa shape index (κ2) is 29.8. The topological polar surface area (TPSA) is 207 Å². The van der Waals surface area contributed by atoms with E-state index in [9.17, 15) is 19.8 Å². The van der Waals surface area contributed by atoms with Crippen molar-refractivity contribution in [1.29, 1.82) is 0 Å². The number of fused-ring (bicyclic) bond motifs is 10. The molecule has 8 aliphatic carbocycles. The molecule has 18 heteroatoms. The van der Waals surface area contributed by atoms with Gasteiger partial charge in [0.1, 0.15) is 5.78 Å². The molecule has 2 aromatic heterocycles. The molecular weight excluding hydrogens is 1090 g/mol. The summed E-state index contributed by atoms with van der Waals surface area (Å²) < 4.78 is 23.0. The quantitative estimate of drug-likeness (QED) is 0.0809. The number of methoxy groups -OCH3 is 2. The van der Waals surface area contributed by atoms with E-state index in [4.69, 9.17) is 29.0 Å². The fraction of sp³-hybridized carbons (Fsp3) is 0.845. The number of H-pyrrole nitrogens is 1. The molecule has 0 bridgehead atoms. The summed E-state index contributed by atoms with van der Waals surface area (Å²) in [6.07, 6.45) is 27.1. The third-order valence-corrected chi connectivity index (χ3v) is 22.0. The number of hydrogen-bond acceptors (Lipinski definition) is 13. The average molecular weight is 1180 g/mol. The summed E-state index contributed by atoms with van der Waals surface area (Å²) in [7, 11) is 3.40. The van der Waals surface area contributed by atoms with Crippen molar-refractivity contribution in [3.63, 3.8) is 0 Å². The molecule has 0 aliphatic heterocycles. The van der Waals surface area contributed by atoms with E-state index in [1.165, 1.54) is 57.8 Å². The average Bonchev–Trinajstić information content (AvgIpc) is 4.19. The molecule has 0 saturated heterocycles. The summed E-state index contributed by atoms with van der Waals surface area (Å²) in [5, 5.41) is 41.7. The largest absolute Gasteiger partial charge is 1.00 e. The number of rotatable bonds is 14. The second-order valence-corrected chi connectivity index (χ2v) is 25.4. The van der Waals surface area contributed by atoms with E-state index in [0.717, 1.165) is 98.9 Å². The Morgan fingerprint density at radius 3 is 1.59 bits per heavy atom. The number of hydrogen-bond donors (Lipinski definition) is 3. The fourth-order valence-corrected chi connectivity index (χ4v) is 18.4. The molecule has 2 heterocycles. The van der Waals surface area contributed by atoms with Gasteiger partial charge in [0, 0.05) is 26.1 Å². The van der Waals surface area contributed by atoms with Crippen LogP contribution in [0.15, 0.2) is 24.8 Å². The van der Waals surface area contributed by atoms with Crippen molar-refractivity contribution in [3.05, 3.63) is 24.8 Å². The number of aliphatic hydroxyl groups is 2. The van der Waals surface area contributed by atoms with Gasteiger partial charge in [0.05, 0.1) is 74.3 Å². The molecule has 10 rings (SSSR count). The predicted molar refractivity (Wildman–Crippen MR) is 286 cm³/mol. The number of carbonyl (C=O) groups is 3. The Morgan fingerprint density at radius 1 is 0.711 bits per heavy atom. The van der Waals surface area contributed by atoms with Crippen LogP contribution in [0.4, 0.5) is 0 Å². The van der Waals surface area contributed by atoms with Crippen LogP contribution in [0.25, 0.3) is 0 Å². The van der Waals surface area contributed by atoms with Crippen LogP contribution in [0, 0.1) is 80.8 Å². The maximum Gasteiger partial charge on any atom is 1.00 e. The van der Waals surface area contributed by atoms with Crippen LogP contribution < -0.4 is 118 Å². The Balaban J connectivity index is 0.000000324. The van der Waals surface area contributed by atoms with E-state index >= 15 is 0 Å². The molecule has 8 fully saturated rings. The summed E-state index contributed by atoms with van der Waals surface area (Å²) in [6, 6.07) is 0. The number of ether oxygens (including phenoxy) is 4. The zero-order valence-electron chi connectivity index (χ0n) is 48.4. The van der Waals surface area contributed by atoms with E-state index in [2.05, 4.69) is 63.8 Å². The molecule has 0 aromatic carbocycles. The van der Waals surface area contributed by atoms with Gasteiger partial charge in [-0.3, -0.25) is 24.2 Å². The molecule has 8 saturated carbocycles. The fourth-order valence-electron chi connectivity index (χ4n) is 18.0. The standard InChI is InChI=1S/C28H44N2O4.C23H37BrO3.C5H8N2O.CH2O3.CH4.2K.H/c1-5-34-20-15-29-30(16-20)17-25(31)24-9-8-22-21-7-6-19-14-28(32,18-33-4)13-12-26(19,2)23(21)10-11-27(22,24)3;1-21-10-11-23(26,14-27-3)12-15(21)4-5-16-17-6-7-19(20(25)13-24)22(17,2)9-8-18(16)21;1-2-8-5-3-6-7-4-5;2-1-4-3;;;;/h15-16,19,21-24,32H,5-14,17-18H2,1-4H3;15-19,26H,4-14H2,1-3H3;3-4H,2H2,1H3,(H,6,7);1,3H;1H4;;;/q;;;;;2*+1;-1/p-1/t19-,21-,22-,23-,24+,26-,27-,28+;15-,16-,17-,18-,19+,21-,22-,23+;;;;;;/m00....../s1. The van der Waals surface area contributed by atoms with Gasteiger partial charge in [-0.1, -0.05) is 51.1 Å². The number of carbonyl (C=O) groups excluding carboxylic acids is 3. The van der Waals surface area contributed by atoms with Gasteiger partial charge in [0.15, 0.2) is 17.3 Å². The van der Waals surface area contributed by atoms with Gasteiger partial charge < -0.3 is 40.7 Å². The van der Waals surface area contributed by atoms with Crippen LogP contribution in [0.5, 0.6) is 11.5 Å². The SMILES string of the molecule is C.CCOc1cn[nH]c1.CCOc1cnn(CC(=O)[C@H]2CC[C@H]3[C@@H]4CC[C@H]5C[C@@](O)(COC)CC[C@]5(C)[C@H]4CC[C@]23C)c1.COC[C@@]1(O)CC[C@@]2(C)[C@@H](CC[C@@H]3[C@@H]2CC[C@]2(C)[C@@H](C(=O)CBr)CC[C@@H]32)C1.O=CO[O-].[H-].[K+].[K+]. The Bertz CT molecular complexity index is 2130. The van der Waals surface area contributed by atoms with Gasteiger partial charge in [0.25, 0.3) is 6.47 Å². The first-order chi connectivity index (χ1) is 34.8. The number of halogens is 1. The van der Waals surface area contributed by atoms with Gasteiger partial charge in [0.2, 0.25) is 0 Å². The molecule has 16 atom stereocenters. The van der Waals surface area contributed by atoms with E-state index in [1.807, 2.05) is 20.0 Å². The molecule has 3 N–H and O–H groups in total. The van der Waals surface area contributed by atoms with Crippen LogP contribution in [0.1, 0.15) is 166 Å². The number of alkyl halides is 1. The summed E-state index contributed by atoms with van der Waals surface area (Å²) in [4.78, 5) is 37.3. The maximum atomic E-state index is 13.5. The molecule has 76 heavy (non-hydrogen) atoms. The van der Waals surface area contributed by atoms with Crippen molar-refractivity contribution in [3.8, 4) is 11.5 Å². The van der Waals surface area contributed by atoms with Crippen molar-refractivity contribution in [2.24, 2.45) is 80.8 Å². The Morgan fingerprint density at radius 2 is 1.17 bits per heavy atom. The number of nitrogens with zero attached hydrogens (tertiary/aromatic N) is 3. The van der Waals surface area contributed by atoms with Gasteiger partial charge >= 0.3 is 103 Å². The smallest absolute Gasteiger partial charge is 1.00 e. The molecule has 2 aromatic rings. The van der Waals surface area contributed by atoms with Gasteiger partial charge in [-0.05, 0) is 198 Å². The van der Waals surface area contributed by atoms with Gasteiger partial charge in [-0.25, -0.2) is 0 Å². The van der Waals surface area contributed by atoms with Crippen LogP contribution in [0.3, 0.4) is 0 Å². The summed E-state index contributed by atoms with van der Waals surface area (Å²) >= 11 is 3.43. The van der Waals surface area contributed by atoms with Crippen molar-refractivity contribution in [1.82, 2.24) is 20.0 Å². The first-order valence-electron chi connectivity index (χ1n) is 27.9. The number of nitrogens with one attached hydrogen (secondary N) is 1. The zero-order valence-corrected chi connectivity index (χ0v) is 55.3. The van der Waals surface area contributed by atoms with Gasteiger partial charge in [-0.2, -0.15) is 10.2 Å². The van der Waals surface area contributed by atoms with E-state index < -0.39 is 11.2 Å². The molecule has 0 unspecified atom stereocenters. The van der Waals surface area contributed by atoms with Crippen molar-refractivity contribution < 1.29 is 158 Å². The van der Waals surface area contributed by atoms with Crippen molar-refractivity contribution >= 4 is 34.0 Å². The van der Waals surface area contributed by atoms with Crippen LogP contribution in [0.2, 0.25) is 0 Å². The Kier molecular flexibility index (Phi) is 27.0. The normalized spacial score (nSPS) is 39.2. The first-order valence-corrected chi connectivity index (χ1v) is 29.0. The third kappa shape index (κ3) is 14.6. The number of aromatic amines is 1. The second-order valence-electron chi connectivity index (χ2n) is 24.8. The zero-order chi connectivity index (χ0) is 52.8. The minimum atomic E-state index is -0.644. The summed E-state index contributed by atoms with van der Waals surface area (Å²) in [6.45, 7) is 16.2. The maximum absolute atomic E-state index is 13.5. The van der Waals surface area contributed by atoms with Gasteiger partial charge in [-0.15, -0.1) is 0 Å². The van der Waals surface area contributed by atoms with E-state index in [-0.39, 0.29) is 141 Å². The third-order valence-electron chi connectivity index (χ3n) is 21.4. The predicted octanol–water partition coefficient (Wildman–Crippen LogP) is 3.87. The monoisotopic (exact) mass is 1180 g/mol. The van der Waals surface area contributed by atoms with Crippen LogP contribution >= 0.6 is 15.9 Å². The molecule has 0 spiro atoms. The first kappa shape index (κ1) is 68.9. The number of aromatic nitrogens is 4. The number of ketones is 2. The Labute approximate surface area is 550 Å². The summed E-state index contributed by atoms with van der Waals surface area (Å²) in [5.74, 6) is 8.32. The van der Waals surface area contributed by atoms with E-state index in [1.54, 1.807) is 37.5 Å². The molecule has 0 radical (unpaired) electrons. The minimum Gasteiger partial charge on any atom is -1.00 e. The van der Waals surface area contributed by atoms with E-state index in [0.29, 0.717) is 78.5 Å². The molecular formula is C58H95BrK2N4O11. The number of Topliss-reactive ketones (excluding diaryl/α,β-unsaturated/α-hetero) is 2.